The van der Waals surface area contributed by atoms with Crippen LogP contribution in [-0.4, -0.2) is 12.0 Å². The molecule has 0 fully saturated rings. The number of likely N-dealkylation sites (N-methyl/N-ethyl adjacent to an activating group) is 1. The standard InChI is InChI=1S/C15H17BrN2/c1-11-6-13(9-14(16)7-11)15(17-2)8-12-4-3-5-18-10-12/h3-7,9-10,15,17H,8H2,1-2H3. The number of aromatic nitrogens is 1. The Hall–Kier alpha value is -1.19. The lowest BCUT2D eigenvalue weighted by Gasteiger charge is -2.17. The van der Waals surface area contributed by atoms with E-state index in [4.69, 9.17) is 0 Å². The van der Waals surface area contributed by atoms with Gasteiger partial charge in [0.1, 0.15) is 0 Å². The summed E-state index contributed by atoms with van der Waals surface area (Å²) in [6, 6.07) is 10.9. The SMILES string of the molecule is CNC(Cc1cccnc1)c1cc(C)cc(Br)c1. The van der Waals surface area contributed by atoms with E-state index in [-0.39, 0.29) is 0 Å². The highest BCUT2D eigenvalue weighted by Crippen LogP contribution is 2.23. The molecular weight excluding hydrogens is 288 g/mol. The summed E-state index contributed by atoms with van der Waals surface area (Å²) in [5.74, 6) is 0. The summed E-state index contributed by atoms with van der Waals surface area (Å²) in [5, 5.41) is 3.37. The number of benzene rings is 1. The van der Waals surface area contributed by atoms with Crippen molar-refractivity contribution >= 4 is 15.9 Å². The summed E-state index contributed by atoms with van der Waals surface area (Å²) in [6.07, 6.45) is 4.68. The fourth-order valence-electron chi connectivity index (χ4n) is 2.11. The number of aryl methyl sites for hydroxylation is 1. The number of halogens is 1. The minimum absolute atomic E-state index is 0.311. The highest BCUT2D eigenvalue weighted by molar-refractivity contribution is 9.10. The second kappa shape index (κ2) is 6.12. The van der Waals surface area contributed by atoms with Crippen molar-refractivity contribution in [2.75, 3.05) is 7.05 Å². The van der Waals surface area contributed by atoms with Crippen molar-refractivity contribution < 1.29 is 0 Å². The molecule has 1 atom stereocenters. The van der Waals surface area contributed by atoms with E-state index in [1.54, 1.807) is 6.20 Å². The number of nitrogens with zero attached hydrogens (tertiary/aromatic N) is 1. The molecule has 18 heavy (non-hydrogen) atoms. The van der Waals surface area contributed by atoms with Crippen LogP contribution < -0.4 is 5.32 Å². The molecule has 1 N–H and O–H groups in total. The zero-order valence-corrected chi connectivity index (χ0v) is 12.2. The van der Waals surface area contributed by atoms with Crippen molar-refractivity contribution in [3.05, 3.63) is 63.9 Å². The Morgan fingerprint density at radius 3 is 2.78 bits per heavy atom. The number of hydrogen-bond donors (Lipinski definition) is 1. The van der Waals surface area contributed by atoms with Crippen LogP contribution in [0, 0.1) is 6.92 Å². The third-order valence-electron chi connectivity index (χ3n) is 2.98. The van der Waals surface area contributed by atoms with Gasteiger partial charge >= 0.3 is 0 Å². The normalized spacial score (nSPS) is 12.4. The van der Waals surface area contributed by atoms with Crippen molar-refractivity contribution in [1.29, 1.82) is 0 Å². The van der Waals surface area contributed by atoms with E-state index in [1.807, 2.05) is 19.3 Å². The molecule has 0 aliphatic rings. The first kappa shape index (κ1) is 13.2. The predicted octanol–water partition coefficient (Wildman–Crippen LogP) is 3.66. The van der Waals surface area contributed by atoms with Gasteiger partial charge in [-0.2, -0.15) is 0 Å². The molecule has 2 nitrogen and oxygen atoms in total. The van der Waals surface area contributed by atoms with Crippen molar-refractivity contribution in [3.8, 4) is 0 Å². The smallest absolute Gasteiger partial charge is 0.0359 e. The molecule has 2 rings (SSSR count). The number of rotatable bonds is 4. The first-order chi connectivity index (χ1) is 8.69. The molecule has 3 heteroatoms. The Morgan fingerprint density at radius 1 is 1.33 bits per heavy atom. The van der Waals surface area contributed by atoms with Crippen LogP contribution in [0.2, 0.25) is 0 Å². The van der Waals surface area contributed by atoms with Crippen LogP contribution in [0.5, 0.6) is 0 Å². The van der Waals surface area contributed by atoms with Crippen molar-refractivity contribution in [2.45, 2.75) is 19.4 Å². The number of pyridine rings is 1. The van der Waals surface area contributed by atoms with E-state index in [0.717, 1.165) is 10.9 Å². The molecule has 0 aliphatic heterocycles. The molecule has 0 saturated heterocycles. The molecule has 0 aliphatic carbocycles. The van der Waals surface area contributed by atoms with Gasteiger partial charge < -0.3 is 5.32 Å². The molecule has 0 radical (unpaired) electrons. The lowest BCUT2D eigenvalue weighted by Crippen LogP contribution is -2.19. The van der Waals surface area contributed by atoms with E-state index in [1.165, 1.54) is 16.7 Å². The molecule has 0 saturated carbocycles. The van der Waals surface area contributed by atoms with Crippen molar-refractivity contribution in [2.24, 2.45) is 0 Å². The predicted molar refractivity (Wildman–Crippen MR) is 78.6 cm³/mol. The summed E-state index contributed by atoms with van der Waals surface area (Å²) in [4.78, 5) is 4.16. The van der Waals surface area contributed by atoms with Crippen LogP contribution in [0.25, 0.3) is 0 Å². The second-order valence-corrected chi connectivity index (χ2v) is 5.38. The molecule has 94 valence electrons. The monoisotopic (exact) mass is 304 g/mol. The van der Waals surface area contributed by atoms with Crippen LogP contribution in [0.3, 0.4) is 0 Å². The first-order valence-electron chi connectivity index (χ1n) is 6.02. The summed E-state index contributed by atoms with van der Waals surface area (Å²) in [6.45, 7) is 2.12. The molecule has 0 bridgehead atoms. The fraction of sp³-hybridized carbons (Fsp3) is 0.267. The van der Waals surface area contributed by atoms with Crippen LogP contribution in [0.1, 0.15) is 22.7 Å². The van der Waals surface area contributed by atoms with Gasteiger partial charge in [-0.25, -0.2) is 0 Å². The maximum absolute atomic E-state index is 4.16. The summed E-state index contributed by atoms with van der Waals surface area (Å²) in [5.41, 5.74) is 3.81. The Morgan fingerprint density at radius 2 is 2.17 bits per heavy atom. The molecule has 1 heterocycles. The van der Waals surface area contributed by atoms with Crippen molar-refractivity contribution in [3.63, 3.8) is 0 Å². The average Bonchev–Trinajstić information content (AvgIpc) is 2.36. The Labute approximate surface area is 117 Å². The Bertz CT molecular complexity index is 491. The van der Waals surface area contributed by atoms with E-state index < -0.39 is 0 Å². The summed E-state index contributed by atoms with van der Waals surface area (Å²) in [7, 11) is 2.00. The van der Waals surface area contributed by atoms with Gasteiger partial charge in [0.25, 0.3) is 0 Å². The van der Waals surface area contributed by atoms with Gasteiger partial charge in [0.2, 0.25) is 0 Å². The van der Waals surface area contributed by atoms with Gasteiger partial charge in [-0.3, -0.25) is 4.98 Å². The Balaban J connectivity index is 2.23. The lowest BCUT2D eigenvalue weighted by atomic mass is 9.98. The molecule has 2 aromatic rings. The van der Waals surface area contributed by atoms with Gasteiger partial charge in [0, 0.05) is 22.9 Å². The van der Waals surface area contributed by atoms with E-state index in [9.17, 15) is 0 Å². The molecule has 0 amide bonds. The van der Waals surface area contributed by atoms with E-state index >= 15 is 0 Å². The van der Waals surface area contributed by atoms with Gasteiger partial charge in [0.15, 0.2) is 0 Å². The van der Waals surface area contributed by atoms with Gasteiger partial charge in [-0.05, 0) is 55.3 Å². The van der Waals surface area contributed by atoms with Gasteiger partial charge in [0.05, 0.1) is 0 Å². The van der Waals surface area contributed by atoms with Gasteiger partial charge in [-0.15, -0.1) is 0 Å². The lowest BCUT2D eigenvalue weighted by molar-refractivity contribution is 0.590. The summed E-state index contributed by atoms with van der Waals surface area (Å²) < 4.78 is 1.13. The first-order valence-corrected chi connectivity index (χ1v) is 6.81. The van der Waals surface area contributed by atoms with Crippen LogP contribution in [-0.2, 0) is 6.42 Å². The topological polar surface area (TPSA) is 24.9 Å². The van der Waals surface area contributed by atoms with Crippen LogP contribution in [0.15, 0.2) is 47.2 Å². The second-order valence-electron chi connectivity index (χ2n) is 4.47. The third-order valence-corrected chi connectivity index (χ3v) is 3.44. The third kappa shape index (κ3) is 3.40. The minimum atomic E-state index is 0.311. The zero-order valence-electron chi connectivity index (χ0n) is 10.7. The minimum Gasteiger partial charge on any atom is -0.313 e. The average molecular weight is 305 g/mol. The fourth-order valence-corrected chi connectivity index (χ4v) is 2.73. The quantitative estimate of drug-likeness (QED) is 0.932. The zero-order chi connectivity index (χ0) is 13.0. The molecule has 1 unspecified atom stereocenters. The van der Waals surface area contributed by atoms with Crippen LogP contribution >= 0.6 is 15.9 Å². The largest absolute Gasteiger partial charge is 0.313 e. The molecular formula is C15H17BrN2. The molecule has 1 aromatic carbocycles. The highest BCUT2D eigenvalue weighted by atomic mass is 79.9. The maximum Gasteiger partial charge on any atom is 0.0359 e. The molecule has 1 aromatic heterocycles. The summed E-state index contributed by atoms with van der Waals surface area (Å²) >= 11 is 3.56. The number of hydrogen-bond acceptors (Lipinski definition) is 2. The number of nitrogens with one attached hydrogen (secondary N) is 1. The maximum atomic E-state index is 4.16. The van der Waals surface area contributed by atoms with Gasteiger partial charge in [-0.1, -0.05) is 28.1 Å². The van der Waals surface area contributed by atoms with Crippen LogP contribution in [0.4, 0.5) is 0 Å². The van der Waals surface area contributed by atoms with E-state index in [0.29, 0.717) is 6.04 Å². The Kier molecular flexibility index (Phi) is 4.50. The van der Waals surface area contributed by atoms with Crippen molar-refractivity contribution in [1.82, 2.24) is 10.3 Å². The highest BCUT2D eigenvalue weighted by Gasteiger charge is 2.11. The van der Waals surface area contributed by atoms with E-state index in [2.05, 4.69) is 57.4 Å². The molecule has 0 spiro atoms.